The van der Waals surface area contributed by atoms with Gasteiger partial charge in [0.15, 0.2) is 0 Å². The smallest absolute Gasteiger partial charge is 0.259 e. The Bertz CT molecular complexity index is 252. The molecular weight excluding hydrogens is 196 g/mol. The lowest BCUT2D eigenvalue weighted by Gasteiger charge is -2.24. The first-order valence-corrected chi connectivity index (χ1v) is 6.27. The lowest BCUT2D eigenvalue weighted by Crippen LogP contribution is -2.35. The molecule has 0 bridgehead atoms. The number of piperidine rings is 1. The monoisotopic (exact) mass is 215 g/mol. The Balaban J connectivity index is 1.78. The SMILES string of the molecule is FC1(F)C(C2CCCC2)C12CCCNC2. The van der Waals surface area contributed by atoms with E-state index < -0.39 is 11.3 Å². The highest BCUT2D eigenvalue weighted by atomic mass is 19.3. The minimum atomic E-state index is -2.37. The fraction of sp³-hybridized carbons (Fsp3) is 1.00. The van der Waals surface area contributed by atoms with Gasteiger partial charge in [0, 0.05) is 12.5 Å². The third-order valence-corrected chi connectivity index (χ3v) is 4.85. The third kappa shape index (κ3) is 1.22. The molecule has 0 aromatic heterocycles. The highest BCUT2D eigenvalue weighted by Crippen LogP contribution is 2.72. The van der Waals surface area contributed by atoms with Gasteiger partial charge in [0.25, 0.3) is 5.92 Å². The van der Waals surface area contributed by atoms with Gasteiger partial charge in [0.05, 0.1) is 5.41 Å². The predicted molar refractivity (Wildman–Crippen MR) is 54.9 cm³/mol. The van der Waals surface area contributed by atoms with Crippen molar-refractivity contribution in [1.82, 2.24) is 5.32 Å². The highest BCUT2D eigenvalue weighted by molar-refractivity contribution is 5.21. The number of hydrogen-bond acceptors (Lipinski definition) is 1. The van der Waals surface area contributed by atoms with Crippen LogP contribution in [0.2, 0.25) is 0 Å². The van der Waals surface area contributed by atoms with Crippen molar-refractivity contribution in [3.05, 3.63) is 0 Å². The molecule has 86 valence electrons. The van der Waals surface area contributed by atoms with Crippen molar-refractivity contribution >= 4 is 0 Å². The Hall–Kier alpha value is -0.180. The van der Waals surface area contributed by atoms with Gasteiger partial charge in [-0.15, -0.1) is 0 Å². The molecule has 3 aliphatic rings. The maximum absolute atomic E-state index is 13.9. The highest BCUT2D eigenvalue weighted by Gasteiger charge is 2.81. The van der Waals surface area contributed by atoms with E-state index in [4.69, 9.17) is 0 Å². The second-order valence-electron chi connectivity index (χ2n) is 5.58. The summed E-state index contributed by atoms with van der Waals surface area (Å²) < 4.78 is 27.9. The quantitative estimate of drug-likeness (QED) is 0.709. The summed E-state index contributed by atoms with van der Waals surface area (Å²) in [6.07, 6.45) is 6.10. The first-order valence-electron chi connectivity index (χ1n) is 6.27. The Morgan fingerprint density at radius 3 is 2.40 bits per heavy atom. The number of halogens is 2. The lowest BCUT2D eigenvalue weighted by atomic mass is 9.88. The molecule has 3 heteroatoms. The van der Waals surface area contributed by atoms with Gasteiger partial charge in [-0.05, 0) is 38.1 Å². The van der Waals surface area contributed by atoms with Gasteiger partial charge in [0.1, 0.15) is 0 Å². The van der Waals surface area contributed by atoms with E-state index in [-0.39, 0.29) is 5.92 Å². The molecule has 1 spiro atoms. The molecule has 1 saturated heterocycles. The van der Waals surface area contributed by atoms with E-state index in [2.05, 4.69) is 5.32 Å². The van der Waals surface area contributed by atoms with Crippen molar-refractivity contribution in [2.45, 2.75) is 44.4 Å². The molecule has 0 radical (unpaired) electrons. The summed E-state index contributed by atoms with van der Waals surface area (Å²) in [5.41, 5.74) is -0.639. The average Bonchev–Trinajstić information content (AvgIpc) is 2.63. The molecule has 0 amide bonds. The second kappa shape index (κ2) is 3.16. The molecule has 1 aliphatic heterocycles. The van der Waals surface area contributed by atoms with Crippen molar-refractivity contribution in [2.75, 3.05) is 13.1 Å². The normalized spacial score (nSPS) is 44.8. The summed E-state index contributed by atoms with van der Waals surface area (Å²) in [4.78, 5) is 0. The Labute approximate surface area is 89.6 Å². The Morgan fingerprint density at radius 2 is 1.80 bits per heavy atom. The molecule has 0 aromatic rings. The van der Waals surface area contributed by atoms with Crippen LogP contribution in [0.1, 0.15) is 38.5 Å². The molecule has 1 N–H and O–H groups in total. The van der Waals surface area contributed by atoms with Gasteiger partial charge in [-0.2, -0.15) is 0 Å². The van der Waals surface area contributed by atoms with E-state index in [1.807, 2.05) is 0 Å². The van der Waals surface area contributed by atoms with Crippen molar-refractivity contribution in [3.8, 4) is 0 Å². The van der Waals surface area contributed by atoms with Gasteiger partial charge < -0.3 is 5.32 Å². The van der Waals surface area contributed by atoms with Crippen LogP contribution in [0.4, 0.5) is 8.78 Å². The van der Waals surface area contributed by atoms with Crippen molar-refractivity contribution in [3.63, 3.8) is 0 Å². The van der Waals surface area contributed by atoms with Crippen molar-refractivity contribution in [2.24, 2.45) is 17.3 Å². The molecule has 2 saturated carbocycles. The Kier molecular flexibility index (Phi) is 2.11. The van der Waals surface area contributed by atoms with Crippen LogP contribution in [-0.4, -0.2) is 19.0 Å². The number of rotatable bonds is 1. The molecule has 3 fully saturated rings. The third-order valence-electron chi connectivity index (χ3n) is 4.85. The predicted octanol–water partition coefficient (Wildman–Crippen LogP) is 2.81. The average molecular weight is 215 g/mol. The molecule has 3 rings (SSSR count). The minimum absolute atomic E-state index is 0.291. The van der Waals surface area contributed by atoms with E-state index >= 15 is 0 Å². The van der Waals surface area contributed by atoms with E-state index in [9.17, 15) is 8.78 Å². The zero-order valence-corrected chi connectivity index (χ0v) is 9.07. The van der Waals surface area contributed by atoms with Crippen molar-refractivity contribution < 1.29 is 8.78 Å². The van der Waals surface area contributed by atoms with Crippen LogP contribution in [0.15, 0.2) is 0 Å². The molecule has 2 atom stereocenters. The van der Waals surface area contributed by atoms with Gasteiger partial charge >= 0.3 is 0 Å². The molecule has 2 unspecified atom stereocenters. The van der Waals surface area contributed by atoms with Gasteiger partial charge in [-0.3, -0.25) is 0 Å². The lowest BCUT2D eigenvalue weighted by molar-refractivity contribution is 0.0448. The fourth-order valence-electron chi connectivity index (χ4n) is 4.06. The number of nitrogens with one attached hydrogen (secondary N) is 1. The first-order chi connectivity index (χ1) is 7.18. The van der Waals surface area contributed by atoms with E-state index in [0.717, 1.165) is 32.2 Å². The molecule has 0 aromatic carbocycles. The topological polar surface area (TPSA) is 12.0 Å². The Morgan fingerprint density at radius 1 is 1.07 bits per heavy atom. The fourth-order valence-corrected chi connectivity index (χ4v) is 4.06. The van der Waals surface area contributed by atoms with Crippen LogP contribution >= 0.6 is 0 Å². The molecule has 1 nitrogen and oxygen atoms in total. The van der Waals surface area contributed by atoms with E-state index in [0.29, 0.717) is 12.5 Å². The maximum Gasteiger partial charge on any atom is 0.259 e. The van der Waals surface area contributed by atoms with Crippen molar-refractivity contribution in [1.29, 1.82) is 0 Å². The second-order valence-corrected chi connectivity index (χ2v) is 5.58. The number of hydrogen-bond donors (Lipinski definition) is 1. The largest absolute Gasteiger partial charge is 0.316 e. The van der Waals surface area contributed by atoms with E-state index in [1.165, 1.54) is 12.8 Å². The van der Waals surface area contributed by atoms with Gasteiger partial charge in [-0.1, -0.05) is 12.8 Å². The summed E-state index contributed by atoms with van der Waals surface area (Å²) in [6, 6.07) is 0. The maximum atomic E-state index is 13.9. The van der Waals surface area contributed by atoms with Crippen LogP contribution < -0.4 is 5.32 Å². The zero-order valence-electron chi connectivity index (χ0n) is 9.07. The summed E-state index contributed by atoms with van der Waals surface area (Å²) >= 11 is 0. The van der Waals surface area contributed by atoms with Crippen LogP contribution in [-0.2, 0) is 0 Å². The van der Waals surface area contributed by atoms with E-state index in [1.54, 1.807) is 0 Å². The van der Waals surface area contributed by atoms with Crippen LogP contribution in [0, 0.1) is 17.3 Å². The van der Waals surface area contributed by atoms with Gasteiger partial charge in [-0.25, -0.2) is 8.78 Å². The number of alkyl halides is 2. The molecule has 1 heterocycles. The summed E-state index contributed by atoms with van der Waals surface area (Å²) in [7, 11) is 0. The van der Waals surface area contributed by atoms with Crippen LogP contribution in [0.5, 0.6) is 0 Å². The zero-order chi connectivity index (χ0) is 10.5. The molecular formula is C12H19F2N. The summed E-state index contributed by atoms with van der Waals surface area (Å²) in [5.74, 6) is -2.34. The standard InChI is InChI=1S/C12H19F2N/c13-12(14)10(9-4-1-2-5-9)11(12)6-3-7-15-8-11/h9-10,15H,1-8H2. The van der Waals surface area contributed by atoms with Crippen LogP contribution in [0.25, 0.3) is 0 Å². The van der Waals surface area contributed by atoms with Gasteiger partial charge in [0.2, 0.25) is 0 Å². The summed E-state index contributed by atoms with van der Waals surface area (Å²) in [6.45, 7) is 1.48. The molecule has 2 aliphatic carbocycles. The first kappa shape index (κ1) is 10.0. The molecule has 15 heavy (non-hydrogen) atoms. The van der Waals surface area contributed by atoms with Crippen LogP contribution in [0.3, 0.4) is 0 Å². The summed E-state index contributed by atoms with van der Waals surface area (Å²) in [5, 5.41) is 3.17. The minimum Gasteiger partial charge on any atom is -0.316 e.